The third-order valence-electron chi connectivity index (χ3n) is 5.05. The number of alkyl halides is 3. The Morgan fingerprint density at radius 1 is 1.22 bits per heavy atom. The molecule has 1 heterocycles. The number of halogens is 4. The molecule has 0 spiro atoms. The first-order valence-corrected chi connectivity index (χ1v) is 9.05. The van der Waals surface area contributed by atoms with Crippen LogP contribution in [-0.4, -0.2) is 17.5 Å². The summed E-state index contributed by atoms with van der Waals surface area (Å²) in [6, 6.07) is 12.0. The summed E-state index contributed by atoms with van der Waals surface area (Å²) in [4.78, 5) is 14.4. The number of rotatable bonds is 3. The molecule has 0 aromatic heterocycles. The van der Waals surface area contributed by atoms with Gasteiger partial charge >= 0.3 is 12.2 Å². The second-order valence-corrected chi connectivity index (χ2v) is 7.33. The fraction of sp³-hybridized carbons (Fsp3) is 0.350. The van der Waals surface area contributed by atoms with Crippen LogP contribution >= 0.6 is 11.6 Å². The molecular weight excluding hydrogens is 377 g/mol. The van der Waals surface area contributed by atoms with Gasteiger partial charge in [0.2, 0.25) is 0 Å². The van der Waals surface area contributed by atoms with Crippen molar-refractivity contribution in [3.8, 4) is 0 Å². The Bertz CT molecular complexity index is 823. The molecule has 0 bridgehead atoms. The number of likely N-dealkylation sites (tertiary alicyclic amines) is 1. The van der Waals surface area contributed by atoms with E-state index in [1.807, 2.05) is 19.1 Å². The molecule has 1 unspecified atom stereocenters. The molecule has 1 saturated heterocycles. The number of nitrogens with one attached hydrogen (secondary N) is 1. The van der Waals surface area contributed by atoms with Gasteiger partial charge in [0.05, 0.1) is 11.1 Å². The van der Waals surface area contributed by atoms with Gasteiger partial charge in [-0.3, -0.25) is 0 Å². The molecule has 0 aliphatic carbocycles. The van der Waals surface area contributed by atoms with Gasteiger partial charge in [0.25, 0.3) is 0 Å². The summed E-state index contributed by atoms with van der Waals surface area (Å²) >= 11 is 5.95. The van der Waals surface area contributed by atoms with E-state index in [0.29, 0.717) is 30.1 Å². The van der Waals surface area contributed by atoms with Gasteiger partial charge in [-0.1, -0.05) is 35.9 Å². The minimum Gasteiger partial charge on any atom is -0.334 e. The van der Waals surface area contributed by atoms with Crippen LogP contribution in [0.1, 0.15) is 36.5 Å². The topological polar surface area (TPSA) is 32.3 Å². The van der Waals surface area contributed by atoms with Gasteiger partial charge in [0.15, 0.2) is 0 Å². The summed E-state index contributed by atoms with van der Waals surface area (Å²) in [7, 11) is 0. The highest BCUT2D eigenvalue weighted by Crippen LogP contribution is 2.39. The largest absolute Gasteiger partial charge is 0.416 e. The van der Waals surface area contributed by atoms with Crippen LogP contribution in [0, 0.1) is 0 Å². The van der Waals surface area contributed by atoms with Gasteiger partial charge in [-0.25, -0.2) is 4.79 Å². The van der Waals surface area contributed by atoms with E-state index in [9.17, 15) is 18.0 Å². The van der Waals surface area contributed by atoms with Crippen molar-refractivity contribution < 1.29 is 18.0 Å². The first-order chi connectivity index (χ1) is 12.7. The number of hydrogen-bond acceptors (Lipinski definition) is 1. The van der Waals surface area contributed by atoms with Gasteiger partial charge in [-0.15, -0.1) is 0 Å². The first-order valence-electron chi connectivity index (χ1n) is 8.68. The lowest BCUT2D eigenvalue weighted by atomic mass is 9.89. The minimum atomic E-state index is -4.37. The Labute approximate surface area is 161 Å². The third-order valence-corrected chi connectivity index (χ3v) is 5.29. The van der Waals surface area contributed by atoms with Crippen LogP contribution in [0.25, 0.3) is 0 Å². The summed E-state index contributed by atoms with van der Waals surface area (Å²) in [5.41, 5.74) is 0.254. The van der Waals surface area contributed by atoms with Crippen molar-refractivity contribution in [2.45, 2.75) is 38.0 Å². The quantitative estimate of drug-likeness (QED) is 0.721. The highest BCUT2D eigenvalue weighted by Gasteiger charge is 2.41. The van der Waals surface area contributed by atoms with Gasteiger partial charge in [-0.05, 0) is 55.2 Å². The monoisotopic (exact) mass is 396 g/mol. The Kier molecular flexibility index (Phi) is 5.38. The summed E-state index contributed by atoms with van der Waals surface area (Å²) in [5, 5.41) is 3.47. The van der Waals surface area contributed by atoms with E-state index in [2.05, 4.69) is 5.32 Å². The highest BCUT2D eigenvalue weighted by atomic mass is 35.5. The number of urea groups is 1. The Morgan fingerprint density at radius 3 is 2.56 bits per heavy atom. The number of carbonyl (C=O) groups excluding carboxylic acids is 1. The normalized spacial score (nSPS) is 20.0. The molecule has 3 rings (SSSR count). The molecule has 7 heteroatoms. The molecule has 1 atom stereocenters. The Morgan fingerprint density at radius 2 is 1.93 bits per heavy atom. The van der Waals surface area contributed by atoms with Crippen LogP contribution in [0.5, 0.6) is 0 Å². The van der Waals surface area contributed by atoms with Crippen molar-refractivity contribution in [3.05, 3.63) is 70.2 Å². The second kappa shape index (κ2) is 7.43. The van der Waals surface area contributed by atoms with E-state index in [1.165, 1.54) is 12.1 Å². The maximum Gasteiger partial charge on any atom is 0.416 e. The van der Waals surface area contributed by atoms with Crippen LogP contribution in [-0.2, 0) is 18.3 Å². The molecule has 2 amide bonds. The van der Waals surface area contributed by atoms with Gasteiger partial charge < -0.3 is 10.2 Å². The van der Waals surface area contributed by atoms with E-state index in [4.69, 9.17) is 11.6 Å². The van der Waals surface area contributed by atoms with E-state index in [-0.39, 0.29) is 6.03 Å². The fourth-order valence-corrected chi connectivity index (χ4v) is 3.74. The SMILES string of the molecule is CC1(c2ccc(C(F)(F)F)cc2)CCCN1C(=O)NCc1cccc(Cl)c1. The fourth-order valence-electron chi connectivity index (χ4n) is 3.53. The van der Waals surface area contributed by atoms with Crippen LogP contribution < -0.4 is 5.32 Å². The maximum absolute atomic E-state index is 12.8. The first kappa shape index (κ1) is 19.5. The molecule has 3 nitrogen and oxygen atoms in total. The van der Waals surface area contributed by atoms with Gasteiger partial charge in [0.1, 0.15) is 0 Å². The predicted octanol–water partition coefficient (Wildman–Crippen LogP) is 5.58. The smallest absolute Gasteiger partial charge is 0.334 e. The summed E-state index contributed by atoms with van der Waals surface area (Å²) < 4.78 is 38.4. The number of benzene rings is 2. The zero-order chi connectivity index (χ0) is 19.7. The molecule has 1 N–H and O–H groups in total. The molecule has 0 radical (unpaired) electrons. The third kappa shape index (κ3) is 4.21. The minimum absolute atomic E-state index is 0.241. The molecule has 1 aliphatic rings. The summed E-state index contributed by atoms with van der Waals surface area (Å²) in [6.07, 6.45) is -2.88. The summed E-state index contributed by atoms with van der Waals surface area (Å²) in [6.45, 7) is 2.78. The van der Waals surface area contributed by atoms with Crippen molar-refractivity contribution in [2.24, 2.45) is 0 Å². The van der Waals surface area contributed by atoms with Crippen LogP contribution in [0.4, 0.5) is 18.0 Å². The van der Waals surface area contributed by atoms with Crippen molar-refractivity contribution in [1.82, 2.24) is 10.2 Å². The van der Waals surface area contributed by atoms with Crippen molar-refractivity contribution >= 4 is 17.6 Å². The highest BCUT2D eigenvalue weighted by molar-refractivity contribution is 6.30. The van der Waals surface area contributed by atoms with Crippen LogP contribution in [0.15, 0.2) is 48.5 Å². The molecule has 0 saturated carbocycles. The average Bonchev–Trinajstić information content (AvgIpc) is 3.02. The number of nitrogens with zero attached hydrogens (tertiary/aromatic N) is 1. The molecule has 144 valence electrons. The lowest BCUT2D eigenvalue weighted by Gasteiger charge is -2.36. The molecule has 2 aromatic rings. The van der Waals surface area contributed by atoms with Gasteiger partial charge in [0, 0.05) is 18.1 Å². The predicted molar refractivity (Wildman–Crippen MR) is 98.4 cm³/mol. The van der Waals surface area contributed by atoms with Crippen molar-refractivity contribution in [3.63, 3.8) is 0 Å². The zero-order valence-electron chi connectivity index (χ0n) is 14.8. The maximum atomic E-state index is 12.8. The lowest BCUT2D eigenvalue weighted by molar-refractivity contribution is -0.137. The standard InChI is InChI=1S/C20H20ClF3N2O/c1-19(15-6-8-16(9-7-15)20(22,23)24)10-3-11-26(19)18(27)25-13-14-4-2-5-17(21)12-14/h2,4-9,12H,3,10-11,13H2,1H3,(H,25,27). The van der Waals surface area contributed by atoms with E-state index >= 15 is 0 Å². The van der Waals surface area contributed by atoms with Crippen LogP contribution in [0.3, 0.4) is 0 Å². The molecular formula is C20H20ClF3N2O. The number of amides is 2. The molecule has 1 fully saturated rings. The van der Waals surface area contributed by atoms with Crippen molar-refractivity contribution in [2.75, 3.05) is 6.54 Å². The van der Waals surface area contributed by atoms with E-state index in [0.717, 1.165) is 24.1 Å². The zero-order valence-corrected chi connectivity index (χ0v) is 15.6. The Balaban J connectivity index is 1.74. The van der Waals surface area contributed by atoms with Crippen LogP contribution in [0.2, 0.25) is 5.02 Å². The van der Waals surface area contributed by atoms with E-state index < -0.39 is 17.3 Å². The van der Waals surface area contributed by atoms with Gasteiger partial charge in [-0.2, -0.15) is 13.2 Å². The second-order valence-electron chi connectivity index (χ2n) is 6.89. The number of hydrogen-bond donors (Lipinski definition) is 1. The number of carbonyl (C=O) groups is 1. The average molecular weight is 397 g/mol. The Hall–Kier alpha value is -2.21. The van der Waals surface area contributed by atoms with Crippen molar-refractivity contribution in [1.29, 1.82) is 0 Å². The molecule has 1 aliphatic heterocycles. The summed E-state index contributed by atoms with van der Waals surface area (Å²) in [5.74, 6) is 0. The van der Waals surface area contributed by atoms with E-state index in [1.54, 1.807) is 17.0 Å². The molecule has 27 heavy (non-hydrogen) atoms. The lowest BCUT2D eigenvalue weighted by Crippen LogP contribution is -2.47. The molecule has 2 aromatic carbocycles.